The molecule has 1 aliphatic heterocycles. The first kappa shape index (κ1) is 16.5. The third-order valence-corrected chi connectivity index (χ3v) is 3.66. The molecule has 0 bridgehead atoms. The van der Waals surface area contributed by atoms with E-state index in [1.807, 2.05) is 5.32 Å². The first-order chi connectivity index (χ1) is 10.3. The number of hydrogen-bond donors (Lipinski definition) is 2. The Kier molecular flexibility index (Phi) is 4.90. The highest BCUT2D eigenvalue weighted by atomic mass is 19.4. The third-order valence-electron chi connectivity index (χ3n) is 3.66. The van der Waals surface area contributed by atoms with Gasteiger partial charge < -0.3 is 15.4 Å². The van der Waals surface area contributed by atoms with Gasteiger partial charge in [-0.15, -0.1) is 0 Å². The summed E-state index contributed by atoms with van der Waals surface area (Å²) < 4.78 is 55.8. The molecular formula is C14H16F4N2O2. The lowest BCUT2D eigenvalue weighted by Crippen LogP contribution is -2.53. The van der Waals surface area contributed by atoms with Crippen molar-refractivity contribution in [2.24, 2.45) is 0 Å². The van der Waals surface area contributed by atoms with E-state index in [-0.39, 0.29) is 12.3 Å². The number of methoxy groups -OCH3 is 1. The average Bonchev–Trinajstić information content (AvgIpc) is 2.46. The van der Waals surface area contributed by atoms with Crippen LogP contribution in [0.25, 0.3) is 0 Å². The molecule has 122 valence electrons. The normalized spacial score (nSPS) is 22.2. The SMILES string of the molecule is COc1ccc([C@H]2CCNC[C@@H]2NC(=O)C(F)(F)F)cc1F. The molecule has 0 spiro atoms. The maximum atomic E-state index is 13.8. The summed E-state index contributed by atoms with van der Waals surface area (Å²) in [5, 5.41) is 4.90. The summed E-state index contributed by atoms with van der Waals surface area (Å²) in [6.45, 7) is 0.775. The van der Waals surface area contributed by atoms with Crippen LogP contribution in [0.15, 0.2) is 18.2 Å². The lowest BCUT2D eigenvalue weighted by molar-refractivity contribution is -0.174. The van der Waals surface area contributed by atoms with Gasteiger partial charge in [-0.3, -0.25) is 4.79 Å². The van der Waals surface area contributed by atoms with Crippen molar-refractivity contribution in [3.8, 4) is 5.75 Å². The third kappa shape index (κ3) is 3.68. The van der Waals surface area contributed by atoms with E-state index in [0.29, 0.717) is 18.5 Å². The zero-order chi connectivity index (χ0) is 16.3. The van der Waals surface area contributed by atoms with Crippen LogP contribution in [0.1, 0.15) is 17.9 Å². The summed E-state index contributed by atoms with van der Waals surface area (Å²) in [6.07, 6.45) is -4.44. The van der Waals surface area contributed by atoms with E-state index in [9.17, 15) is 22.4 Å². The largest absolute Gasteiger partial charge is 0.494 e. The van der Waals surface area contributed by atoms with Gasteiger partial charge in [0.1, 0.15) is 0 Å². The van der Waals surface area contributed by atoms with Gasteiger partial charge in [-0.1, -0.05) is 6.07 Å². The number of alkyl halides is 3. The standard InChI is InChI=1S/C14H16F4N2O2/c1-22-12-3-2-8(6-10(12)15)9-4-5-19-7-11(9)20-13(21)14(16,17)18/h2-3,6,9,11,19H,4-5,7H2,1H3,(H,20,21)/t9-,11+/m1/s1. The molecule has 0 saturated carbocycles. The van der Waals surface area contributed by atoms with Crippen molar-refractivity contribution in [1.29, 1.82) is 0 Å². The number of rotatable bonds is 3. The van der Waals surface area contributed by atoms with Crippen molar-refractivity contribution in [3.63, 3.8) is 0 Å². The van der Waals surface area contributed by atoms with Gasteiger partial charge in [0.05, 0.1) is 7.11 Å². The van der Waals surface area contributed by atoms with E-state index >= 15 is 0 Å². The number of nitrogens with one attached hydrogen (secondary N) is 2. The topological polar surface area (TPSA) is 50.4 Å². The van der Waals surface area contributed by atoms with E-state index in [2.05, 4.69) is 5.32 Å². The van der Waals surface area contributed by atoms with E-state index < -0.39 is 29.9 Å². The fourth-order valence-corrected chi connectivity index (χ4v) is 2.57. The Hall–Kier alpha value is -1.83. The first-order valence-corrected chi connectivity index (χ1v) is 6.74. The second kappa shape index (κ2) is 6.51. The highest BCUT2D eigenvalue weighted by Gasteiger charge is 2.41. The maximum Gasteiger partial charge on any atom is 0.471 e. The summed E-state index contributed by atoms with van der Waals surface area (Å²) in [5.74, 6) is -2.90. The average molecular weight is 320 g/mol. The summed E-state index contributed by atoms with van der Waals surface area (Å²) in [6, 6.07) is 3.51. The number of ether oxygens (including phenoxy) is 1. The molecule has 1 aliphatic rings. The van der Waals surface area contributed by atoms with E-state index in [0.717, 1.165) is 0 Å². The van der Waals surface area contributed by atoms with E-state index in [1.54, 1.807) is 6.07 Å². The van der Waals surface area contributed by atoms with E-state index in [4.69, 9.17) is 4.74 Å². The number of halogens is 4. The van der Waals surface area contributed by atoms with Crippen LogP contribution >= 0.6 is 0 Å². The summed E-state index contributed by atoms with van der Waals surface area (Å²) in [4.78, 5) is 11.1. The molecule has 2 atom stereocenters. The van der Waals surface area contributed by atoms with Crippen LogP contribution in [-0.2, 0) is 4.79 Å². The number of amides is 1. The first-order valence-electron chi connectivity index (χ1n) is 6.74. The summed E-state index contributed by atoms with van der Waals surface area (Å²) >= 11 is 0. The fourth-order valence-electron chi connectivity index (χ4n) is 2.57. The van der Waals surface area contributed by atoms with Gasteiger partial charge in [-0.25, -0.2) is 4.39 Å². The number of carbonyl (C=O) groups excluding carboxylic acids is 1. The smallest absolute Gasteiger partial charge is 0.471 e. The Bertz CT molecular complexity index is 548. The molecule has 22 heavy (non-hydrogen) atoms. The van der Waals surface area contributed by atoms with Gasteiger partial charge in [-0.2, -0.15) is 13.2 Å². The van der Waals surface area contributed by atoms with Crippen molar-refractivity contribution in [2.45, 2.75) is 24.6 Å². The molecule has 1 saturated heterocycles. The molecule has 0 radical (unpaired) electrons. The minimum Gasteiger partial charge on any atom is -0.494 e. The summed E-state index contributed by atoms with van der Waals surface area (Å²) in [5.41, 5.74) is 0.535. The lowest BCUT2D eigenvalue weighted by atomic mass is 9.86. The maximum absolute atomic E-state index is 13.8. The van der Waals surface area contributed by atoms with Crippen molar-refractivity contribution in [3.05, 3.63) is 29.6 Å². The van der Waals surface area contributed by atoms with Crippen LogP contribution in [0, 0.1) is 5.82 Å². The molecule has 0 unspecified atom stereocenters. The highest BCUT2D eigenvalue weighted by Crippen LogP contribution is 2.29. The molecule has 2 rings (SSSR count). The molecule has 4 nitrogen and oxygen atoms in total. The molecule has 1 amide bonds. The van der Waals surface area contributed by atoms with E-state index in [1.165, 1.54) is 19.2 Å². The molecule has 0 aliphatic carbocycles. The number of hydrogen-bond acceptors (Lipinski definition) is 3. The fraction of sp³-hybridized carbons (Fsp3) is 0.500. The number of piperidine rings is 1. The minimum atomic E-state index is -4.94. The molecule has 1 aromatic rings. The molecule has 1 heterocycles. The Morgan fingerprint density at radius 3 is 2.73 bits per heavy atom. The van der Waals surface area contributed by atoms with Crippen molar-refractivity contribution in [2.75, 3.05) is 20.2 Å². The van der Waals surface area contributed by atoms with Crippen LogP contribution in [0.4, 0.5) is 17.6 Å². The molecule has 1 aromatic carbocycles. The molecule has 1 fully saturated rings. The van der Waals surface area contributed by atoms with Crippen molar-refractivity contribution in [1.82, 2.24) is 10.6 Å². The number of carbonyl (C=O) groups is 1. The monoisotopic (exact) mass is 320 g/mol. The Labute approximate surface area is 124 Å². The second-order valence-corrected chi connectivity index (χ2v) is 5.07. The Balaban J connectivity index is 2.19. The number of benzene rings is 1. The zero-order valence-corrected chi connectivity index (χ0v) is 11.8. The lowest BCUT2D eigenvalue weighted by Gasteiger charge is -2.33. The quantitative estimate of drug-likeness (QED) is 0.837. The predicted molar refractivity (Wildman–Crippen MR) is 71.2 cm³/mol. The van der Waals surface area contributed by atoms with Gasteiger partial charge in [-0.05, 0) is 30.7 Å². The molecule has 8 heteroatoms. The predicted octanol–water partition coefficient (Wildman–Crippen LogP) is 1.96. The second-order valence-electron chi connectivity index (χ2n) is 5.07. The Morgan fingerprint density at radius 2 is 2.14 bits per heavy atom. The summed E-state index contributed by atoms with van der Waals surface area (Å²) in [7, 11) is 1.33. The van der Waals surface area contributed by atoms with Crippen molar-refractivity contribution < 1.29 is 27.1 Å². The van der Waals surface area contributed by atoms with Gasteiger partial charge in [0.25, 0.3) is 0 Å². The molecular weight excluding hydrogens is 304 g/mol. The molecule has 2 N–H and O–H groups in total. The molecule has 0 aromatic heterocycles. The highest BCUT2D eigenvalue weighted by molar-refractivity contribution is 5.82. The van der Waals surface area contributed by atoms with Gasteiger partial charge >= 0.3 is 12.1 Å². The van der Waals surface area contributed by atoms with Gasteiger partial charge in [0, 0.05) is 18.5 Å². The van der Waals surface area contributed by atoms with Crippen LogP contribution in [-0.4, -0.2) is 38.3 Å². The van der Waals surface area contributed by atoms with Gasteiger partial charge in [0.2, 0.25) is 0 Å². The van der Waals surface area contributed by atoms with Crippen LogP contribution in [0.3, 0.4) is 0 Å². The Morgan fingerprint density at radius 1 is 1.41 bits per heavy atom. The zero-order valence-electron chi connectivity index (χ0n) is 11.8. The van der Waals surface area contributed by atoms with Gasteiger partial charge in [0.15, 0.2) is 11.6 Å². The van der Waals surface area contributed by atoms with Crippen LogP contribution < -0.4 is 15.4 Å². The van der Waals surface area contributed by atoms with Crippen LogP contribution in [0.5, 0.6) is 5.75 Å². The van der Waals surface area contributed by atoms with Crippen molar-refractivity contribution >= 4 is 5.91 Å². The van der Waals surface area contributed by atoms with Crippen LogP contribution in [0.2, 0.25) is 0 Å². The minimum absolute atomic E-state index is 0.0635.